The van der Waals surface area contributed by atoms with Crippen LogP contribution in [0.1, 0.15) is 65.2 Å². The summed E-state index contributed by atoms with van der Waals surface area (Å²) in [4.78, 5) is 0. The van der Waals surface area contributed by atoms with Gasteiger partial charge < -0.3 is 5.32 Å². The van der Waals surface area contributed by atoms with Crippen molar-refractivity contribution in [2.75, 3.05) is 6.54 Å². The van der Waals surface area contributed by atoms with Gasteiger partial charge in [-0.3, -0.25) is 0 Å². The second-order valence-corrected chi connectivity index (χ2v) is 6.12. The minimum Gasteiger partial charge on any atom is -0.314 e. The maximum Gasteiger partial charge on any atom is 0.0100 e. The fourth-order valence-corrected chi connectivity index (χ4v) is 4.05. The molecule has 1 N–H and O–H groups in total. The molecule has 3 unspecified atom stereocenters. The first-order valence-corrected chi connectivity index (χ1v) is 7.54. The normalized spacial score (nSPS) is 33.4. The molecule has 0 spiro atoms. The molecule has 1 heteroatoms. The Labute approximate surface area is 101 Å². The molecule has 0 radical (unpaired) electrons. The van der Waals surface area contributed by atoms with Gasteiger partial charge in [0, 0.05) is 6.04 Å². The van der Waals surface area contributed by atoms with Gasteiger partial charge in [0.15, 0.2) is 0 Å². The van der Waals surface area contributed by atoms with Crippen molar-refractivity contribution in [3.05, 3.63) is 0 Å². The van der Waals surface area contributed by atoms with E-state index in [0.717, 1.165) is 30.3 Å². The second-order valence-electron chi connectivity index (χ2n) is 6.12. The Morgan fingerprint density at radius 2 is 1.81 bits per heavy atom. The Morgan fingerprint density at radius 3 is 2.38 bits per heavy atom. The molecule has 2 saturated carbocycles. The van der Waals surface area contributed by atoms with Crippen molar-refractivity contribution in [3.8, 4) is 0 Å². The Balaban J connectivity index is 1.87. The minimum atomic E-state index is 0.825. The van der Waals surface area contributed by atoms with Crippen molar-refractivity contribution < 1.29 is 0 Å². The van der Waals surface area contributed by atoms with Gasteiger partial charge in [0.2, 0.25) is 0 Å². The summed E-state index contributed by atoms with van der Waals surface area (Å²) >= 11 is 0. The zero-order chi connectivity index (χ0) is 11.4. The standard InChI is InChI=1S/C15H29N/c1-3-16-15(11-13-8-4-5-9-13)14-10-6-7-12(14)2/h12-16H,3-11H2,1-2H3. The summed E-state index contributed by atoms with van der Waals surface area (Å²) in [5, 5.41) is 3.78. The van der Waals surface area contributed by atoms with Crippen LogP contribution in [-0.4, -0.2) is 12.6 Å². The molecular formula is C15H29N. The average Bonchev–Trinajstić information content (AvgIpc) is 2.88. The summed E-state index contributed by atoms with van der Waals surface area (Å²) in [6.07, 6.45) is 11.9. The topological polar surface area (TPSA) is 12.0 Å². The smallest absolute Gasteiger partial charge is 0.0100 e. The molecule has 94 valence electrons. The molecule has 0 heterocycles. The largest absolute Gasteiger partial charge is 0.314 e. The number of nitrogens with one attached hydrogen (secondary N) is 1. The lowest BCUT2D eigenvalue weighted by atomic mass is 9.84. The SMILES string of the molecule is CCNC(CC1CCCC1)C1CCCC1C. The molecular weight excluding hydrogens is 194 g/mol. The van der Waals surface area contributed by atoms with E-state index in [9.17, 15) is 0 Å². The van der Waals surface area contributed by atoms with E-state index in [2.05, 4.69) is 19.2 Å². The van der Waals surface area contributed by atoms with E-state index in [1.54, 1.807) is 0 Å². The molecule has 0 aromatic heterocycles. The van der Waals surface area contributed by atoms with E-state index in [4.69, 9.17) is 0 Å². The Hall–Kier alpha value is -0.0400. The van der Waals surface area contributed by atoms with Gasteiger partial charge >= 0.3 is 0 Å². The van der Waals surface area contributed by atoms with E-state index < -0.39 is 0 Å². The average molecular weight is 223 g/mol. The van der Waals surface area contributed by atoms with Crippen molar-refractivity contribution in [1.82, 2.24) is 5.32 Å². The fraction of sp³-hybridized carbons (Fsp3) is 1.00. The third-order valence-electron chi connectivity index (χ3n) is 4.97. The maximum atomic E-state index is 3.78. The van der Waals surface area contributed by atoms with Crippen molar-refractivity contribution in [3.63, 3.8) is 0 Å². The fourth-order valence-electron chi connectivity index (χ4n) is 4.05. The third kappa shape index (κ3) is 3.00. The summed E-state index contributed by atoms with van der Waals surface area (Å²) in [5.41, 5.74) is 0. The maximum absolute atomic E-state index is 3.78. The van der Waals surface area contributed by atoms with Crippen LogP contribution in [0.5, 0.6) is 0 Å². The van der Waals surface area contributed by atoms with E-state index >= 15 is 0 Å². The molecule has 0 aliphatic heterocycles. The van der Waals surface area contributed by atoms with Crippen LogP contribution in [0.15, 0.2) is 0 Å². The lowest BCUT2D eigenvalue weighted by Gasteiger charge is -2.30. The molecule has 16 heavy (non-hydrogen) atoms. The van der Waals surface area contributed by atoms with Gasteiger partial charge in [-0.2, -0.15) is 0 Å². The van der Waals surface area contributed by atoms with Crippen LogP contribution >= 0.6 is 0 Å². The second kappa shape index (κ2) is 6.05. The van der Waals surface area contributed by atoms with Gasteiger partial charge in [-0.25, -0.2) is 0 Å². The first-order chi connectivity index (χ1) is 7.81. The molecule has 2 aliphatic carbocycles. The lowest BCUT2D eigenvalue weighted by molar-refractivity contribution is 0.256. The highest BCUT2D eigenvalue weighted by molar-refractivity contribution is 4.87. The van der Waals surface area contributed by atoms with Gasteiger partial charge in [-0.05, 0) is 37.1 Å². The summed E-state index contributed by atoms with van der Waals surface area (Å²) in [5.74, 6) is 2.97. The Kier molecular flexibility index (Phi) is 4.69. The molecule has 0 saturated heterocycles. The van der Waals surface area contributed by atoms with E-state index in [0.29, 0.717) is 0 Å². The van der Waals surface area contributed by atoms with E-state index in [1.165, 1.54) is 51.4 Å². The summed E-state index contributed by atoms with van der Waals surface area (Å²) in [7, 11) is 0. The van der Waals surface area contributed by atoms with E-state index in [1.807, 2.05) is 0 Å². The van der Waals surface area contributed by atoms with Gasteiger partial charge in [-0.15, -0.1) is 0 Å². The first kappa shape index (κ1) is 12.4. The van der Waals surface area contributed by atoms with Crippen LogP contribution in [0.3, 0.4) is 0 Å². The number of hydrogen-bond acceptors (Lipinski definition) is 1. The highest BCUT2D eigenvalue weighted by Gasteiger charge is 2.32. The Morgan fingerprint density at radius 1 is 1.06 bits per heavy atom. The lowest BCUT2D eigenvalue weighted by Crippen LogP contribution is -2.38. The third-order valence-corrected chi connectivity index (χ3v) is 4.97. The first-order valence-electron chi connectivity index (χ1n) is 7.54. The number of hydrogen-bond donors (Lipinski definition) is 1. The zero-order valence-electron chi connectivity index (χ0n) is 11.2. The summed E-state index contributed by atoms with van der Waals surface area (Å²) < 4.78 is 0. The summed E-state index contributed by atoms with van der Waals surface area (Å²) in [6.45, 7) is 5.89. The summed E-state index contributed by atoms with van der Waals surface area (Å²) in [6, 6.07) is 0.825. The molecule has 2 aliphatic rings. The van der Waals surface area contributed by atoms with Gasteiger partial charge in [0.1, 0.15) is 0 Å². The predicted octanol–water partition coefficient (Wildman–Crippen LogP) is 3.98. The van der Waals surface area contributed by atoms with Crippen LogP contribution in [0.25, 0.3) is 0 Å². The monoisotopic (exact) mass is 223 g/mol. The molecule has 0 aromatic rings. The van der Waals surface area contributed by atoms with Crippen molar-refractivity contribution in [2.24, 2.45) is 17.8 Å². The van der Waals surface area contributed by atoms with Crippen LogP contribution in [0.4, 0.5) is 0 Å². The van der Waals surface area contributed by atoms with Crippen LogP contribution in [0, 0.1) is 17.8 Å². The van der Waals surface area contributed by atoms with Crippen molar-refractivity contribution in [2.45, 2.75) is 71.3 Å². The minimum absolute atomic E-state index is 0.825. The molecule has 2 rings (SSSR count). The quantitative estimate of drug-likeness (QED) is 0.743. The molecule has 0 aromatic carbocycles. The Bertz CT molecular complexity index is 196. The molecule has 0 bridgehead atoms. The highest BCUT2D eigenvalue weighted by Crippen LogP contribution is 2.38. The predicted molar refractivity (Wildman–Crippen MR) is 70.5 cm³/mol. The van der Waals surface area contributed by atoms with E-state index in [-0.39, 0.29) is 0 Å². The van der Waals surface area contributed by atoms with Crippen molar-refractivity contribution in [1.29, 1.82) is 0 Å². The van der Waals surface area contributed by atoms with Crippen LogP contribution in [0.2, 0.25) is 0 Å². The molecule has 0 amide bonds. The highest BCUT2D eigenvalue weighted by atomic mass is 14.9. The van der Waals surface area contributed by atoms with Gasteiger partial charge in [0.25, 0.3) is 0 Å². The molecule has 1 nitrogen and oxygen atoms in total. The molecule has 3 atom stereocenters. The zero-order valence-corrected chi connectivity index (χ0v) is 11.2. The van der Waals surface area contributed by atoms with Gasteiger partial charge in [0.05, 0.1) is 0 Å². The van der Waals surface area contributed by atoms with Crippen molar-refractivity contribution >= 4 is 0 Å². The van der Waals surface area contributed by atoms with Gasteiger partial charge in [-0.1, -0.05) is 52.4 Å². The number of rotatable bonds is 5. The molecule has 2 fully saturated rings. The van der Waals surface area contributed by atoms with Crippen LogP contribution in [-0.2, 0) is 0 Å². The van der Waals surface area contributed by atoms with Crippen LogP contribution < -0.4 is 5.32 Å².